The van der Waals surface area contributed by atoms with Gasteiger partial charge in [-0.15, -0.1) is 0 Å². The molecule has 1 fully saturated rings. The lowest BCUT2D eigenvalue weighted by Gasteiger charge is -2.35. The third-order valence-corrected chi connectivity index (χ3v) is 7.49. The van der Waals surface area contributed by atoms with Gasteiger partial charge in [-0.05, 0) is 68.1 Å². The van der Waals surface area contributed by atoms with Crippen LogP contribution in [0.3, 0.4) is 0 Å². The maximum atomic E-state index is 13.5. The van der Waals surface area contributed by atoms with Gasteiger partial charge in [-0.25, -0.2) is 17.6 Å². The number of sulfonamides is 1. The Bertz CT molecular complexity index is 1180. The molecule has 2 unspecified atom stereocenters. The van der Waals surface area contributed by atoms with Crippen LogP contribution in [-0.2, 0) is 19.6 Å². The molecule has 9 nitrogen and oxygen atoms in total. The summed E-state index contributed by atoms with van der Waals surface area (Å²) in [6.07, 6.45) is 0.564. The van der Waals surface area contributed by atoms with Gasteiger partial charge in [0.2, 0.25) is 5.91 Å². The van der Waals surface area contributed by atoms with Crippen LogP contribution < -0.4 is 19.7 Å². The Labute approximate surface area is 197 Å². The Morgan fingerprint density at radius 3 is 2.56 bits per heavy atom. The van der Waals surface area contributed by atoms with Crippen molar-refractivity contribution in [1.82, 2.24) is 5.32 Å². The van der Waals surface area contributed by atoms with Crippen LogP contribution in [-0.4, -0.2) is 45.7 Å². The van der Waals surface area contributed by atoms with E-state index in [1.165, 1.54) is 25.1 Å². The third kappa shape index (κ3) is 5.41. The molecule has 182 valence electrons. The van der Waals surface area contributed by atoms with Crippen LogP contribution in [0.5, 0.6) is 5.75 Å². The van der Waals surface area contributed by atoms with Gasteiger partial charge in [0.25, 0.3) is 10.0 Å². The minimum atomic E-state index is -4.10. The summed E-state index contributed by atoms with van der Waals surface area (Å²) in [5.41, 5.74) is 0.534. The molecule has 2 aromatic rings. The lowest BCUT2D eigenvalue weighted by atomic mass is 10.2. The molecule has 0 bridgehead atoms. The van der Waals surface area contributed by atoms with Crippen LogP contribution in [0.25, 0.3) is 0 Å². The molecule has 2 N–H and O–H groups in total. The SMILES string of the molecule is CC(=O)NCC1CN(S(=O)(=O)c2ccc(F)cc2)c2cc(NC(=O)OC(C)C3CC3)ccc2O1. The fraction of sp³-hybridized carbons (Fsp3) is 0.391. The molecule has 0 saturated heterocycles. The van der Waals surface area contributed by atoms with E-state index >= 15 is 0 Å². The van der Waals surface area contributed by atoms with Crippen LogP contribution in [0, 0.1) is 11.7 Å². The zero-order chi connectivity index (χ0) is 24.5. The number of halogens is 1. The molecule has 2 atom stereocenters. The molecule has 1 aliphatic heterocycles. The largest absolute Gasteiger partial charge is 0.484 e. The van der Waals surface area contributed by atoms with Crippen LogP contribution in [0.4, 0.5) is 20.6 Å². The van der Waals surface area contributed by atoms with Crippen molar-refractivity contribution in [2.24, 2.45) is 5.92 Å². The van der Waals surface area contributed by atoms with E-state index in [4.69, 9.17) is 9.47 Å². The molecular weight excluding hydrogens is 465 g/mol. The standard InChI is InChI=1S/C23H26FN3O6S/c1-14(16-3-4-16)32-23(29)26-18-7-10-22-21(11-18)27(13-19(33-22)12-25-15(2)28)34(30,31)20-8-5-17(24)6-9-20/h5-11,14,16,19H,3-4,12-13H2,1-2H3,(H,25,28)(H,26,29). The fourth-order valence-corrected chi connectivity index (χ4v) is 5.19. The van der Waals surface area contributed by atoms with Crippen molar-refractivity contribution in [3.63, 3.8) is 0 Å². The summed E-state index contributed by atoms with van der Waals surface area (Å²) in [5.74, 6) is -0.201. The summed E-state index contributed by atoms with van der Waals surface area (Å²) >= 11 is 0. The molecule has 1 heterocycles. The molecule has 2 aliphatic rings. The molecule has 0 spiro atoms. The highest BCUT2D eigenvalue weighted by molar-refractivity contribution is 7.92. The summed E-state index contributed by atoms with van der Waals surface area (Å²) < 4.78 is 52.7. The fourth-order valence-electron chi connectivity index (χ4n) is 3.69. The zero-order valence-corrected chi connectivity index (χ0v) is 19.6. The van der Waals surface area contributed by atoms with E-state index in [9.17, 15) is 22.4 Å². The van der Waals surface area contributed by atoms with Crippen LogP contribution >= 0.6 is 0 Å². The minimum Gasteiger partial charge on any atom is -0.484 e. The van der Waals surface area contributed by atoms with Gasteiger partial charge in [-0.1, -0.05) is 0 Å². The van der Waals surface area contributed by atoms with Crippen molar-refractivity contribution in [2.45, 2.75) is 43.8 Å². The lowest BCUT2D eigenvalue weighted by molar-refractivity contribution is -0.119. The van der Waals surface area contributed by atoms with Crippen molar-refractivity contribution in [3.8, 4) is 5.75 Å². The van der Waals surface area contributed by atoms with Gasteiger partial charge in [0.05, 0.1) is 23.7 Å². The number of hydrogen-bond acceptors (Lipinski definition) is 6. The highest BCUT2D eigenvalue weighted by atomic mass is 32.2. The Morgan fingerprint density at radius 1 is 1.21 bits per heavy atom. The second-order valence-corrected chi connectivity index (χ2v) is 10.3. The number of carbonyl (C=O) groups excluding carboxylic acids is 2. The smallest absolute Gasteiger partial charge is 0.411 e. The molecule has 1 saturated carbocycles. The van der Waals surface area contributed by atoms with Crippen molar-refractivity contribution >= 4 is 33.4 Å². The van der Waals surface area contributed by atoms with Crippen LogP contribution in [0.2, 0.25) is 0 Å². The molecule has 11 heteroatoms. The van der Waals surface area contributed by atoms with Crippen LogP contribution in [0.1, 0.15) is 26.7 Å². The first kappa shape index (κ1) is 23.8. The van der Waals surface area contributed by atoms with E-state index in [1.807, 2.05) is 6.92 Å². The number of anilines is 2. The summed E-state index contributed by atoms with van der Waals surface area (Å²) in [7, 11) is -4.10. The van der Waals surface area contributed by atoms with E-state index in [2.05, 4.69) is 10.6 Å². The second-order valence-electron chi connectivity index (χ2n) is 8.42. The van der Waals surface area contributed by atoms with Gasteiger partial charge in [-0.2, -0.15) is 0 Å². The second kappa shape index (κ2) is 9.49. The number of fused-ring (bicyclic) bond motifs is 1. The van der Waals surface area contributed by atoms with Crippen molar-refractivity contribution < 1.29 is 31.9 Å². The van der Waals surface area contributed by atoms with Gasteiger partial charge in [0.15, 0.2) is 0 Å². The first-order chi connectivity index (χ1) is 16.1. The van der Waals surface area contributed by atoms with E-state index in [0.29, 0.717) is 11.6 Å². The Kier molecular flexibility index (Phi) is 6.65. The maximum absolute atomic E-state index is 13.5. The summed E-state index contributed by atoms with van der Waals surface area (Å²) in [5, 5.41) is 5.26. The van der Waals surface area contributed by atoms with Crippen LogP contribution in [0.15, 0.2) is 47.4 Å². The molecule has 0 radical (unpaired) electrons. The summed E-state index contributed by atoms with van der Waals surface area (Å²) in [4.78, 5) is 23.5. The third-order valence-electron chi connectivity index (χ3n) is 5.70. The maximum Gasteiger partial charge on any atom is 0.411 e. The predicted molar refractivity (Wildman–Crippen MR) is 123 cm³/mol. The monoisotopic (exact) mass is 491 g/mol. The topological polar surface area (TPSA) is 114 Å². The quantitative estimate of drug-likeness (QED) is 0.615. The number of rotatable bonds is 7. The first-order valence-corrected chi connectivity index (χ1v) is 12.4. The summed E-state index contributed by atoms with van der Waals surface area (Å²) in [6.45, 7) is 3.18. The van der Waals surface area contributed by atoms with E-state index in [-0.39, 0.29) is 41.4 Å². The first-order valence-electron chi connectivity index (χ1n) is 10.9. The Morgan fingerprint density at radius 2 is 1.91 bits per heavy atom. The van der Waals surface area contributed by atoms with Gasteiger partial charge >= 0.3 is 6.09 Å². The number of nitrogens with one attached hydrogen (secondary N) is 2. The minimum absolute atomic E-state index is 0.0929. The molecule has 0 aromatic heterocycles. The molecule has 1 aliphatic carbocycles. The van der Waals surface area contributed by atoms with Gasteiger partial charge in [0, 0.05) is 12.6 Å². The van der Waals surface area contributed by atoms with E-state index < -0.39 is 28.0 Å². The Hall–Kier alpha value is -3.34. The molecule has 4 rings (SSSR count). The molecule has 2 aromatic carbocycles. The number of ether oxygens (including phenoxy) is 2. The van der Waals surface area contributed by atoms with E-state index in [0.717, 1.165) is 29.3 Å². The van der Waals surface area contributed by atoms with Crippen molar-refractivity contribution in [1.29, 1.82) is 0 Å². The van der Waals surface area contributed by atoms with Gasteiger partial charge in [0.1, 0.15) is 23.8 Å². The average molecular weight is 492 g/mol. The summed E-state index contributed by atoms with van der Waals surface area (Å²) in [6, 6.07) is 9.10. The number of amides is 2. The van der Waals surface area contributed by atoms with E-state index in [1.54, 1.807) is 12.1 Å². The number of hydrogen-bond donors (Lipinski definition) is 2. The lowest BCUT2D eigenvalue weighted by Crippen LogP contribution is -2.48. The van der Waals surface area contributed by atoms with Crippen molar-refractivity contribution in [3.05, 3.63) is 48.3 Å². The van der Waals surface area contributed by atoms with Crippen molar-refractivity contribution in [2.75, 3.05) is 22.7 Å². The van der Waals surface area contributed by atoms with Gasteiger partial charge < -0.3 is 14.8 Å². The predicted octanol–water partition coefficient (Wildman–Crippen LogP) is 3.27. The zero-order valence-electron chi connectivity index (χ0n) is 18.8. The highest BCUT2D eigenvalue weighted by Crippen LogP contribution is 2.39. The number of nitrogens with zero attached hydrogens (tertiary/aromatic N) is 1. The number of benzene rings is 2. The average Bonchev–Trinajstić information content (AvgIpc) is 3.63. The normalized spacial score (nSPS) is 18.3. The molecule has 2 amide bonds. The Balaban J connectivity index is 1.62. The molecular formula is C23H26FN3O6S. The number of carbonyl (C=O) groups is 2. The highest BCUT2D eigenvalue weighted by Gasteiger charge is 2.35. The van der Waals surface area contributed by atoms with Gasteiger partial charge in [-0.3, -0.25) is 14.4 Å². The molecule has 34 heavy (non-hydrogen) atoms.